The molecular weight excluding hydrogens is 252 g/mol. The summed E-state index contributed by atoms with van der Waals surface area (Å²) in [6, 6.07) is 5.67. The maximum absolute atomic E-state index is 12.0. The molecule has 0 saturated heterocycles. The van der Waals surface area contributed by atoms with Crippen LogP contribution in [0, 0.1) is 5.92 Å². The van der Waals surface area contributed by atoms with Crippen molar-refractivity contribution in [2.24, 2.45) is 5.92 Å². The zero-order valence-electron chi connectivity index (χ0n) is 12.3. The number of carbonyl (C=O) groups excluding carboxylic acids is 1. The standard InChI is InChI=1S/C16H24N2O2/c1-3-20-16(19)13-9-6-10-14(17)15(13)18-11(2)12-7-4-5-8-12/h6,9-12,18H,3-5,7-8,17H2,1-2H3. The van der Waals surface area contributed by atoms with Gasteiger partial charge in [-0.1, -0.05) is 18.9 Å². The monoisotopic (exact) mass is 276 g/mol. The van der Waals surface area contributed by atoms with Crippen molar-refractivity contribution in [2.45, 2.75) is 45.6 Å². The molecule has 0 heterocycles. The van der Waals surface area contributed by atoms with Crippen LogP contribution in [0.15, 0.2) is 18.2 Å². The number of anilines is 2. The van der Waals surface area contributed by atoms with E-state index in [2.05, 4.69) is 12.2 Å². The minimum atomic E-state index is -0.319. The molecule has 2 rings (SSSR count). The molecule has 0 spiro atoms. The number of hydrogen-bond acceptors (Lipinski definition) is 4. The number of benzene rings is 1. The Balaban J connectivity index is 2.18. The Morgan fingerprint density at radius 2 is 2.15 bits per heavy atom. The van der Waals surface area contributed by atoms with Gasteiger partial charge in [-0.25, -0.2) is 4.79 Å². The highest BCUT2D eigenvalue weighted by Gasteiger charge is 2.23. The van der Waals surface area contributed by atoms with E-state index in [9.17, 15) is 4.79 Å². The fraction of sp³-hybridized carbons (Fsp3) is 0.562. The Bertz CT molecular complexity index is 468. The molecule has 0 aromatic heterocycles. The third kappa shape index (κ3) is 3.24. The molecule has 4 nitrogen and oxygen atoms in total. The quantitative estimate of drug-likeness (QED) is 0.638. The Morgan fingerprint density at radius 1 is 1.45 bits per heavy atom. The van der Waals surface area contributed by atoms with Crippen LogP contribution in [0.25, 0.3) is 0 Å². The second-order valence-corrected chi connectivity index (χ2v) is 5.47. The molecule has 0 aliphatic heterocycles. The van der Waals surface area contributed by atoms with Crippen LogP contribution in [0.5, 0.6) is 0 Å². The van der Waals surface area contributed by atoms with E-state index < -0.39 is 0 Å². The minimum Gasteiger partial charge on any atom is -0.462 e. The van der Waals surface area contributed by atoms with Gasteiger partial charge < -0.3 is 15.8 Å². The zero-order valence-corrected chi connectivity index (χ0v) is 12.3. The first-order valence-corrected chi connectivity index (χ1v) is 7.45. The summed E-state index contributed by atoms with van der Waals surface area (Å²) < 4.78 is 5.10. The fourth-order valence-electron chi connectivity index (χ4n) is 2.91. The van der Waals surface area contributed by atoms with Crippen molar-refractivity contribution in [2.75, 3.05) is 17.7 Å². The molecule has 0 radical (unpaired) electrons. The van der Waals surface area contributed by atoms with Gasteiger partial charge in [-0.05, 0) is 44.7 Å². The number of nitrogens with two attached hydrogens (primary N) is 1. The lowest BCUT2D eigenvalue weighted by molar-refractivity contribution is 0.0527. The van der Waals surface area contributed by atoms with Crippen molar-refractivity contribution in [1.29, 1.82) is 0 Å². The largest absolute Gasteiger partial charge is 0.462 e. The number of ether oxygens (including phenoxy) is 1. The number of esters is 1. The second kappa shape index (κ2) is 6.64. The molecule has 110 valence electrons. The lowest BCUT2D eigenvalue weighted by atomic mass is 9.98. The van der Waals surface area contributed by atoms with E-state index in [1.807, 2.05) is 6.07 Å². The number of nitrogens with one attached hydrogen (secondary N) is 1. The highest BCUT2D eigenvalue weighted by atomic mass is 16.5. The maximum atomic E-state index is 12.0. The first-order valence-electron chi connectivity index (χ1n) is 7.45. The molecule has 0 amide bonds. The van der Waals surface area contributed by atoms with E-state index in [0.717, 1.165) is 0 Å². The summed E-state index contributed by atoms with van der Waals surface area (Å²) in [5, 5.41) is 3.43. The van der Waals surface area contributed by atoms with E-state index in [1.165, 1.54) is 25.7 Å². The van der Waals surface area contributed by atoms with E-state index >= 15 is 0 Å². The highest BCUT2D eigenvalue weighted by molar-refractivity contribution is 5.98. The van der Waals surface area contributed by atoms with Crippen LogP contribution < -0.4 is 11.1 Å². The van der Waals surface area contributed by atoms with Crippen molar-refractivity contribution >= 4 is 17.3 Å². The Labute approximate surface area is 120 Å². The third-order valence-corrected chi connectivity index (χ3v) is 4.07. The SMILES string of the molecule is CCOC(=O)c1cccc(N)c1NC(C)C1CCCC1. The Morgan fingerprint density at radius 3 is 2.80 bits per heavy atom. The topological polar surface area (TPSA) is 64.3 Å². The van der Waals surface area contributed by atoms with Crippen LogP contribution in [-0.2, 0) is 4.74 Å². The van der Waals surface area contributed by atoms with Gasteiger partial charge in [0.05, 0.1) is 23.5 Å². The van der Waals surface area contributed by atoms with Crippen LogP contribution in [0.3, 0.4) is 0 Å². The molecule has 20 heavy (non-hydrogen) atoms. The summed E-state index contributed by atoms with van der Waals surface area (Å²) in [5.41, 5.74) is 7.87. The van der Waals surface area contributed by atoms with Gasteiger partial charge in [-0.2, -0.15) is 0 Å². The summed E-state index contributed by atoms with van der Waals surface area (Å²) >= 11 is 0. The molecular formula is C16H24N2O2. The number of para-hydroxylation sites is 1. The van der Waals surface area contributed by atoms with E-state index in [0.29, 0.717) is 35.5 Å². The molecule has 3 N–H and O–H groups in total. The fourth-order valence-corrected chi connectivity index (χ4v) is 2.91. The van der Waals surface area contributed by atoms with Crippen molar-refractivity contribution in [3.63, 3.8) is 0 Å². The Kier molecular flexibility index (Phi) is 4.88. The van der Waals surface area contributed by atoms with Crippen LogP contribution in [0.2, 0.25) is 0 Å². The lowest BCUT2D eigenvalue weighted by Gasteiger charge is -2.24. The van der Waals surface area contributed by atoms with Crippen LogP contribution in [0.1, 0.15) is 49.9 Å². The highest BCUT2D eigenvalue weighted by Crippen LogP contribution is 2.32. The Hall–Kier alpha value is -1.71. The van der Waals surface area contributed by atoms with Crippen molar-refractivity contribution in [3.8, 4) is 0 Å². The van der Waals surface area contributed by atoms with Gasteiger partial charge >= 0.3 is 5.97 Å². The summed E-state index contributed by atoms with van der Waals surface area (Å²) in [5.74, 6) is 0.338. The molecule has 1 aromatic rings. The molecule has 1 aromatic carbocycles. The van der Waals surface area contributed by atoms with Gasteiger partial charge in [0.2, 0.25) is 0 Å². The summed E-state index contributed by atoms with van der Waals surface area (Å²) in [6.45, 7) is 4.33. The minimum absolute atomic E-state index is 0.315. The van der Waals surface area contributed by atoms with Crippen LogP contribution in [-0.4, -0.2) is 18.6 Å². The average Bonchev–Trinajstić information content (AvgIpc) is 2.95. The first kappa shape index (κ1) is 14.7. The third-order valence-electron chi connectivity index (χ3n) is 4.07. The van der Waals surface area contributed by atoms with E-state index in [4.69, 9.17) is 10.5 Å². The van der Waals surface area contributed by atoms with Crippen LogP contribution >= 0.6 is 0 Å². The van der Waals surface area contributed by atoms with Crippen molar-refractivity contribution in [3.05, 3.63) is 23.8 Å². The molecule has 1 atom stereocenters. The molecule has 1 unspecified atom stereocenters. The summed E-state index contributed by atoms with van der Waals surface area (Å²) in [7, 11) is 0. The number of carbonyl (C=O) groups is 1. The molecule has 1 aliphatic rings. The second-order valence-electron chi connectivity index (χ2n) is 5.47. The zero-order chi connectivity index (χ0) is 14.5. The van der Waals surface area contributed by atoms with E-state index in [1.54, 1.807) is 19.1 Å². The summed E-state index contributed by atoms with van der Waals surface area (Å²) in [4.78, 5) is 12.0. The molecule has 1 saturated carbocycles. The maximum Gasteiger partial charge on any atom is 0.340 e. The van der Waals surface area contributed by atoms with Crippen molar-refractivity contribution < 1.29 is 9.53 Å². The van der Waals surface area contributed by atoms with Gasteiger partial charge in [0.15, 0.2) is 0 Å². The van der Waals surface area contributed by atoms with Gasteiger partial charge in [0.25, 0.3) is 0 Å². The number of rotatable bonds is 5. The van der Waals surface area contributed by atoms with Crippen LogP contribution in [0.4, 0.5) is 11.4 Å². The lowest BCUT2D eigenvalue weighted by Crippen LogP contribution is -2.25. The van der Waals surface area contributed by atoms with Gasteiger partial charge in [-0.3, -0.25) is 0 Å². The number of hydrogen-bond donors (Lipinski definition) is 2. The first-order chi connectivity index (χ1) is 9.63. The number of nitrogen functional groups attached to an aromatic ring is 1. The normalized spacial score (nSPS) is 16.9. The van der Waals surface area contributed by atoms with Gasteiger partial charge in [0, 0.05) is 6.04 Å². The molecule has 1 aliphatic carbocycles. The molecule has 1 fully saturated rings. The molecule has 4 heteroatoms. The smallest absolute Gasteiger partial charge is 0.340 e. The predicted octanol–water partition coefficient (Wildman–Crippen LogP) is 3.44. The van der Waals surface area contributed by atoms with Gasteiger partial charge in [0.1, 0.15) is 0 Å². The predicted molar refractivity (Wildman–Crippen MR) is 81.9 cm³/mol. The molecule has 0 bridgehead atoms. The van der Waals surface area contributed by atoms with Gasteiger partial charge in [-0.15, -0.1) is 0 Å². The average molecular weight is 276 g/mol. The van der Waals surface area contributed by atoms with Crippen molar-refractivity contribution in [1.82, 2.24) is 0 Å². The van der Waals surface area contributed by atoms with E-state index in [-0.39, 0.29) is 5.97 Å². The summed E-state index contributed by atoms with van der Waals surface area (Å²) in [6.07, 6.45) is 5.09.